The van der Waals surface area contributed by atoms with E-state index in [1.807, 2.05) is 6.92 Å². The van der Waals surface area contributed by atoms with Crippen LogP contribution in [0.5, 0.6) is 0 Å². The van der Waals surface area contributed by atoms with E-state index in [2.05, 4.69) is 36.3 Å². The van der Waals surface area contributed by atoms with Crippen LogP contribution < -0.4 is 21.3 Å². The van der Waals surface area contributed by atoms with Gasteiger partial charge in [-0.25, -0.2) is 18.7 Å². The van der Waals surface area contributed by atoms with Gasteiger partial charge in [-0.1, -0.05) is 6.92 Å². The first-order valence-electron chi connectivity index (χ1n) is 13.4. The lowest BCUT2D eigenvalue weighted by Gasteiger charge is -2.27. The number of aromatic nitrogens is 5. The number of anilines is 2. The minimum absolute atomic E-state index is 0.0112. The van der Waals surface area contributed by atoms with E-state index in [0.29, 0.717) is 40.4 Å². The fourth-order valence-electron chi connectivity index (χ4n) is 4.65. The third-order valence-electron chi connectivity index (χ3n) is 6.92. The molecule has 228 valence electrons. The van der Waals surface area contributed by atoms with Gasteiger partial charge in [-0.2, -0.15) is 18.3 Å². The molecule has 0 atom stereocenters. The Bertz CT molecular complexity index is 1630. The predicted molar refractivity (Wildman–Crippen MR) is 146 cm³/mol. The maximum atomic E-state index is 13.7. The number of halogens is 5. The molecule has 0 radical (unpaired) electrons. The number of carbonyl (C=O) groups excluding carboxylic acids is 2. The normalized spacial score (nSPS) is 13.7. The maximum absolute atomic E-state index is 13.7. The Labute approximate surface area is 241 Å². The molecular weight excluding hydrogens is 577 g/mol. The number of nitrogens with one attached hydrogen (secondary N) is 4. The highest BCUT2D eigenvalue weighted by Crippen LogP contribution is 2.37. The Morgan fingerprint density at radius 1 is 1.16 bits per heavy atom. The van der Waals surface area contributed by atoms with Gasteiger partial charge < -0.3 is 21.3 Å². The van der Waals surface area contributed by atoms with Crippen LogP contribution in [0.2, 0.25) is 0 Å². The van der Waals surface area contributed by atoms with E-state index in [1.54, 1.807) is 18.2 Å². The average Bonchev–Trinajstić information content (AvgIpc) is 3.55. The highest BCUT2D eigenvalue weighted by molar-refractivity contribution is 5.98. The number of fused-ring (bicyclic) bond motifs is 1. The van der Waals surface area contributed by atoms with Gasteiger partial charge in [0.15, 0.2) is 17.2 Å². The molecule has 1 fully saturated rings. The molecule has 16 heteroatoms. The summed E-state index contributed by atoms with van der Waals surface area (Å²) in [6.45, 7) is 2.97. The number of alkyl halides is 5. The van der Waals surface area contributed by atoms with Crippen molar-refractivity contribution in [2.75, 3.05) is 31.5 Å². The molecule has 0 unspecified atom stereocenters. The molecule has 11 nitrogen and oxygen atoms in total. The largest absolute Gasteiger partial charge is 0.435 e. The molecule has 0 saturated carbocycles. The molecule has 0 bridgehead atoms. The standard InChI is InChI=1S/C27H28F5N9O2/c1-2-16-7-17(3-4-18(16)26(43)37-12-22(42)35-10-15-8-33-9-15)38-24-25-36-11-20(41(25)6-5-34-24)19-13-40(14-21(28)29)39-23(19)27(30,31)32/h3-7,11,13,15,21,33H,2,8-10,12,14H2,1H3,(H,34,38)(H,35,42)(H,37,43). The van der Waals surface area contributed by atoms with Crippen molar-refractivity contribution in [2.45, 2.75) is 32.5 Å². The van der Waals surface area contributed by atoms with Crippen molar-refractivity contribution in [1.82, 2.24) is 40.1 Å². The molecule has 3 aromatic heterocycles. The molecule has 1 saturated heterocycles. The first-order valence-corrected chi connectivity index (χ1v) is 13.4. The molecule has 2 amide bonds. The summed E-state index contributed by atoms with van der Waals surface area (Å²) in [5, 5.41) is 15.0. The lowest BCUT2D eigenvalue weighted by Crippen LogP contribution is -2.49. The number of imidazole rings is 1. The molecular formula is C27H28F5N9O2. The molecule has 4 N–H and O–H groups in total. The monoisotopic (exact) mass is 605 g/mol. The molecule has 0 aliphatic carbocycles. The maximum Gasteiger partial charge on any atom is 0.435 e. The minimum atomic E-state index is -4.89. The van der Waals surface area contributed by atoms with Crippen LogP contribution in [0.1, 0.15) is 28.5 Å². The van der Waals surface area contributed by atoms with Crippen molar-refractivity contribution >= 4 is 29.0 Å². The first-order chi connectivity index (χ1) is 20.5. The van der Waals surface area contributed by atoms with Crippen LogP contribution in [-0.4, -0.2) is 68.6 Å². The van der Waals surface area contributed by atoms with Gasteiger partial charge in [0.2, 0.25) is 5.91 Å². The topological polar surface area (TPSA) is 130 Å². The fourth-order valence-corrected chi connectivity index (χ4v) is 4.65. The van der Waals surface area contributed by atoms with E-state index in [9.17, 15) is 31.5 Å². The molecule has 5 rings (SSSR count). The number of amides is 2. The minimum Gasteiger partial charge on any atom is -0.354 e. The first kappa shape index (κ1) is 29.9. The van der Waals surface area contributed by atoms with Crippen LogP contribution >= 0.6 is 0 Å². The fraction of sp³-hybridized carbons (Fsp3) is 0.370. The Balaban J connectivity index is 1.34. The van der Waals surface area contributed by atoms with Gasteiger partial charge >= 0.3 is 6.18 Å². The lowest BCUT2D eigenvalue weighted by atomic mass is 10.0. The third-order valence-corrected chi connectivity index (χ3v) is 6.92. The van der Waals surface area contributed by atoms with Crippen molar-refractivity contribution in [3.63, 3.8) is 0 Å². The molecule has 43 heavy (non-hydrogen) atoms. The number of hydrogen-bond acceptors (Lipinski definition) is 7. The lowest BCUT2D eigenvalue weighted by molar-refractivity contribution is -0.141. The summed E-state index contributed by atoms with van der Waals surface area (Å²) < 4.78 is 68.8. The van der Waals surface area contributed by atoms with E-state index in [-0.39, 0.29) is 29.6 Å². The molecule has 1 aromatic carbocycles. The zero-order chi connectivity index (χ0) is 30.7. The number of aryl methyl sites for hydroxylation is 1. The van der Waals surface area contributed by atoms with Gasteiger partial charge in [0.1, 0.15) is 6.54 Å². The van der Waals surface area contributed by atoms with Crippen molar-refractivity contribution in [3.8, 4) is 11.3 Å². The van der Waals surface area contributed by atoms with Crippen LogP contribution in [0.15, 0.2) is 43.0 Å². The third kappa shape index (κ3) is 6.74. The summed E-state index contributed by atoms with van der Waals surface area (Å²) in [5.41, 5.74) is 0.0513. The van der Waals surface area contributed by atoms with E-state index in [0.717, 1.165) is 19.3 Å². The van der Waals surface area contributed by atoms with Crippen molar-refractivity contribution in [3.05, 3.63) is 59.8 Å². The number of benzene rings is 1. The second-order valence-electron chi connectivity index (χ2n) is 9.98. The zero-order valence-electron chi connectivity index (χ0n) is 22.9. The van der Waals surface area contributed by atoms with Gasteiger partial charge in [-0.3, -0.25) is 18.7 Å². The smallest absolute Gasteiger partial charge is 0.354 e. The highest BCUT2D eigenvalue weighted by atomic mass is 19.4. The quantitative estimate of drug-likeness (QED) is 0.193. The van der Waals surface area contributed by atoms with E-state index < -0.39 is 36.3 Å². The van der Waals surface area contributed by atoms with E-state index in [4.69, 9.17) is 0 Å². The predicted octanol–water partition coefficient (Wildman–Crippen LogP) is 3.25. The molecule has 4 heterocycles. The highest BCUT2D eigenvalue weighted by Gasteiger charge is 2.38. The number of hydrogen-bond donors (Lipinski definition) is 4. The summed E-state index contributed by atoms with van der Waals surface area (Å²) in [4.78, 5) is 33.4. The second-order valence-corrected chi connectivity index (χ2v) is 9.98. The van der Waals surface area contributed by atoms with Crippen LogP contribution in [0.4, 0.5) is 33.5 Å². The van der Waals surface area contributed by atoms with Gasteiger partial charge in [-0.15, -0.1) is 0 Å². The van der Waals surface area contributed by atoms with Crippen molar-refractivity contribution < 1.29 is 31.5 Å². The van der Waals surface area contributed by atoms with E-state index in [1.165, 1.54) is 23.0 Å². The van der Waals surface area contributed by atoms with Crippen LogP contribution in [0.3, 0.4) is 0 Å². The summed E-state index contributed by atoms with van der Waals surface area (Å²) in [6, 6.07) is 4.95. The van der Waals surface area contributed by atoms with E-state index >= 15 is 0 Å². The summed E-state index contributed by atoms with van der Waals surface area (Å²) in [7, 11) is 0. The Morgan fingerprint density at radius 3 is 2.63 bits per heavy atom. The van der Waals surface area contributed by atoms with Gasteiger partial charge in [0.05, 0.1) is 24.0 Å². The van der Waals surface area contributed by atoms with Crippen LogP contribution in [0.25, 0.3) is 16.9 Å². The van der Waals surface area contributed by atoms with Gasteiger partial charge in [0.25, 0.3) is 12.3 Å². The Hall–Kier alpha value is -4.60. The van der Waals surface area contributed by atoms with Gasteiger partial charge in [-0.05, 0) is 30.2 Å². The summed E-state index contributed by atoms with van der Waals surface area (Å²) >= 11 is 0. The average molecular weight is 606 g/mol. The number of rotatable bonds is 11. The Morgan fingerprint density at radius 2 is 1.95 bits per heavy atom. The molecule has 4 aromatic rings. The second kappa shape index (κ2) is 12.3. The zero-order valence-corrected chi connectivity index (χ0v) is 22.9. The molecule has 0 spiro atoms. The Kier molecular flexibility index (Phi) is 8.57. The van der Waals surface area contributed by atoms with Crippen molar-refractivity contribution in [2.24, 2.45) is 5.92 Å². The van der Waals surface area contributed by atoms with Gasteiger partial charge in [0, 0.05) is 55.4 Å². The molecule has 1 aliphatic rings. The van der Waals surface area contributed by atoms with Crippen LogP contribution in [-0.2, 0) is 23.9 Å². The summed E-state index contributed by atoms with van der Waals surface area (Å²) in [6.07, 6.45) is -2.43. The molecule has 1 aliphatic heterocycles. The summed E-state index contributed by atoms with van der Waals surface area (Å²) in [5.74, 6) is -0.0807. The van der Waals surface area contributed by atoms with Crippen molar-refractivity contribution in [1.29, 1.82) is 0 Å². The number of nitrogens with zero attached hydrogens (tertiary/aromatic N) is 5. The van der Waals surface area contributed by atoms with Crippen LogP contribution in [0, 0.1) is 5.92 Å². The number of carbonyl (C=O) groups is 2. The SMILES string of the molecule is CCc1cc(Nc2nccn3c(-c4cn(CC(F)F)nc4C(F)(F)F)cnc23)ccc1C(=O)NCC(=O)NCC1CNC1.